The van der Waals surface area contributed by atoms with Gasteiger partial charge < -0.3 is 25.6 Å². The van der Waals surface area contributed by atoms with E-state index in [0.717, 1.165) is 11.8 Å². The van der Waals surface area contributed by atoms with Gasteiger partial charge in [0.25, 0.3) is 5.72 Å². The van der Waals surface area contributed by atoms with Crippen molar-refractivity contribution in [2.75, 3.05) is 39.3 Å². The Morgan fingerprint density at radius 1 is 1.04 bits per heavy atom. The number of alkyl halides is 3. The van der Waals surface area contributed by atoms with Gasteiger partial charge in [-0.05, 0) is 50.5 Å². The zero-order valence-corrected chi connectivity index (χ0v) is 30.7. The molecule has 1 fully saturated rings. The van der Waals surface area contributed by atoms with Crippen LogP contribution in [-0.2, 0) is 21.7 Å². The van der Waals surface area contributed by atoms with Crippen LogP contribution in [0.2, 0.25) is 0 Å². The maximum absolute atomic E-state index is 14.3. The number of hydrogen-bond donors (Lipinski definition) is 4. The number of quaternary nitrogens is 1. The third-order valence-corrected chi connectivity index (χ3v) is 10.8. The molecule has 2 aliphatic rings. The van der Waals surface area contributed by atoms with Gasteiger partial charge in [-0.25, -0.2) is 9.07 Å². The average Bonchev–Trinajstić information content (AvgIpc) is 3.67. The summed E-state index contributed by atoms with van der Waals surface area (Å²) in [5.41, 5.74) is -1.29. The van der Waals surface area contributed by atoms with Crippen LogP contribution in [0.4, 0.5) is 17.6 Å². The van der Waals surface area contributed by atoms with Crippen molar-refractivity contribution < 1.29 is 46.6 Å². The van der Waals surface area contributed by atoms with Gasteiger partial charge in [-0.15, -0.1) is 0 Å². The van der Waals surface area contributed by atoms with Crippen LogP contribution in [0.1, 0.15) is 56.0 Å². The number of hydrogen-bond acceptors (Lipinski definition) is 8. The van der Waals surface area contributed by atoms with E-state index < -0.39 is 58.9 Å². The van der Waals surface area contributed by atoms with Crippen molar-refractivity contribution >= 4 is 11.8 Å². The SMILES string of the molecule is CC(C)(c1ccn(-c2cncc(F)c2)n1)N1CC[N@@+](CCCCC(=O)NCc2ccccc2)([C@H]2c3ccccc3OC[C@H]2O)[C@@](O)(C(=O)NCC(F)(F)F)C1. The number of fused-ring (bicyclic) bond motifs is 1. The minimum absolute atomic E-state index is 0.0180. The number of rotatable bonds is 13. The Labute approximate surface area is 316 Å². The summed E-state index contributed by atoms with van der Waals surface area (Å²) >= 11 is 0. The van der Waals surface area contributed by atoms with Gasteiger partial charge in [-0.3, -0.25) is 24.0 Å². The number of aliphatic hydroxyl groups excluding tert-OH is 1. The fourth-order valence-electron chi connectivity index (χ4n) is 7.82. The van der Waals surface area contributed by atoms with Gasteiger partial charge >= 0.3 is 12.1 Å². The van der Waals surface area contributed by atoms with E-state index in [1.54, 1.807) is 41.4 Å². The van der Waals surface area contributed by atoms with Crippen LogP contribution in [0.15, 0.2) is 85.3 Å². The van der Waals surface area contributed by atoms with Gasteiger partial charge in [-0.1, -0.05) is 42.5 Å². The fourth-order valence-corrected chi connectivity index (χ4v) is 7.82. The first-order valence-electron chi connectivity index (χ1n) is 18.2. The number of nitrogens with zero attached hydrogens (tertiary/aromatic N) is 5. The van der Waals surface area contributed by atoms with E-state index in [-0.39, 0.29) is 45.0 Å². The molecule has 12 nitrogen and oxygen atoms in total. The number of ether oxygens (including phenoxy) is 1. The molecule has 16 heteroatoms. The minimum Gasteiger partial charge on any atom is -0.490 e. The molecule has 1 saturated heterocycles. The summed E-state index contributed by atoms with van der Waals surface area (Å²) < 4.78 is 61.6. The highest BCUT2D eigenvalue weighted by molar-refractivity contribution is 5.84. The van der Waals surface area contributed by atoms with Crippen LogP contribution in [0, 0.1) is 5.82 Å². The van der Waals surface area contributed by atoms with Crippen molar-refractivity contribution in [1.29, 1.82) is 0 Å². The van der Waals surface area contributed by atoms with Crippen LogP contribution in [0.5, 0.6) is 5.75 Å². The van der Waals surface area contributed by atoms with Crippen LogP contribution < -0.4 is 15.4 Å². The van der Waals surface area contributed by atoms with Crippen molar-refractivity contribution in [3.8, 4) is 11.4 Å². The number of carbonyl (C=O) groups is 2. The molecule has 4 N–H and O–H groups in total. The molecule has 0 unspecified atom stereocenters. The lowest BCUT2D eigenvalue weighted by Crippen LogP contribution is -2.81. The summed E-state index contributed by atoms with van der Waals surface area (Å²) in [5, 5.41) is 34.2. The molecule has 0 radical (unpaired) electrons. The number of carbonyl (C=O) groups excluding carboxylic acids is 2. The molecular weight excluding hydrogens is 722 g/mol. The highest BCUT2D eigenvalue weighted by Crippen LogP contribution is 2.48. The van der Waals surface area contributed by atoms with Gasteiger partial charge in [0.1, 0.15) is 30.8 Å². The predicted molar refractivity (Wildman–Crippen MR) is 193 cm³/mol. The molecule has 2 aromatic heterocycles. The Hall–Kier alpha value is -4.90. The summed E-state index contributed by atoms with van der Waals surface area (Å²) in [5.74, 6) is -1.59. The van der Waals surface area contributed by atoms with Crippen LogP contribution >= 0.6 is 0 Å². The van der Waals surface area contributed by atoms with E-state index in [0.29, 0.717) is 35.7 Å². The van der Waals surface area contributed by atoms with E-state index in [1.165, 1.54) is 16.9 Å². The number of amides is 2. The average molecular weight is 769 g/mol. The Morgan fingerprint density at radius 3 is 2.53 bits per heavy atom. The number of β-amino-alcohol motifs (C(OH)–C–C–N with tert-alkyl or cyclic N) is 1. The molecule has 2 aromatic carbocycles. The molecule has 4 aromatic rings. The molecule has 2 amide bonds. The molecule has 6 rings (SSSR count). The Morgan fingerprint density at radius 2 is 1.78 bits per heavy atom. The molecule has 0 bridgehead atoms. The molecule has 2 aliphatic heterocycles. The lowest BCUT2D eigenvalue weighted by Gasteiger charge is -2.60. The van der Waals surface area contributed by atoms with E-state index in [9.17, 15) is 37.4 Å². The van der Waals surface area contributed by atoms with Gasteiger partial charge in [0, 0.05) is 31.8 Å². The first kappa shape index (κ1) is 39.8. The minimum atomic E-state index is -4.77. The summed E-state index contributed by atoms with van der Waals surface area (Å²) in [6, 6.07) is 18.3. The summed E-state index contributed by atoms with van der Waals surface area (Å²) in [6.07, 6.45) is -1.15. The number of unbranched alkanes of at least 4 members (excludes halogenated alkanes) is 1. The normalized spacial score (nSPS) is 23.1. The van der Waals surface area contributed by atoms with Crippen molar-refractivity contribution in [3.05, 3.63) is 108 Å². The number of pyridine rings is 1. The number of halogens is 4. The number of aliphatic hydroxyl groups is 2. The first-order chi connectivity index (χ1) is 26.1. The van der Waals surface area contributed by atoms with Gasteiger partial charge in [0.05, 0.1) is 54.5 Å². The summed E-state index contributed by atoms with van der Waals surface area (Å²) in [4.78, 5) is 32.8. The van der Waals surface area contributed by atoms with Crippen LogP contribution in [0.3, 0.4) is 0 Å². The van der Waals surface area contributed by atoms with Crippen molar-refractivity contribution in [2.45, 2.75) is 69.2 Å². The first-order valence-corrected chi connectivity index (χ1v) is 18.2. The van der Waals surface area contributed by atoms with Crippen molar-refractivity contribution in [3.63, 3.8) is 0 Å². The molecule has 4 heterocycles. The molecule has 0 spiro atoms. The monoisotopic (exact) mass is 768 g/mol. The smallest absolute Gasteiger partial charge is 0.405 e. The van der Waals surface area contributed by atoms with E-state index in [1.807, 2.05) is 49.5 Å². The maximum Gasteiger partial charge on any atom is 0.405 e. The second kappa shape index (κ2) is 16.1. The van der Waals surface area contributed by atoms with Crippen LogP contribution in [0.25, 0.3) is 5.69 Å². The molecule has 0 saturated carbocycles. The van der Waals surface area contributed by atoms with Crippen LogP contribution in [-0.4, -0.2) is 104 Å². The van der Waals surface area contributed by atoms with Crippen molar-refractivity contribution in [1.82, 2.24) is 30.3 Å². The standard InChI is InChI=1S/C39H45F4N7O5/c1-37(2,33-15-16-49(47-33)29-20-28(40)22-44-23-29)48-17-19-50(38(54,26-48)36(53)46-25-39(41,42)43,35-30-12-6-7-13-32(30)55-24-31(35)51)18-9-8-14-34(52)45-21-27-10-4-3-5-11-27/h3-7,10-13,15-16,20,22-23,31,35,51,54H,8-9,14,17-19,21,24-26H2,1-2H3,(H-,45,46,52,53)/p+1/t31-,35+,38+,50+/m1/s1. The second-order valence-corrected chi connectivity index (χ2v) is 14.7. The topological polar surface area (TPSA) is 142 Å². The van der Waals surface area contributed by atoms with E-state index in [2.05, 4.69) is 15.4 Å². The van der Waals surface area contributed by atoms with Gasteiger partial charge in [-0.2, -0.15) is 18.3 Å². The zero-order valence-electron chi connectivity index (χ0n) is 30.7. The summed E-state index contributed by atoms with van der Waals surface area (Å²) in [6.45, 7) is 1.93. The third kappa shape index (κ3) is 8.52. The van der Waals surface area contributed by atoms with Gasteiger partial charge in [0.2, 0.25) is 5.91 Å². The van der Waals surface area contributed by atoms with E-state index in [4.69, 9.17) is 4.74 Å². The molecule has 4 atom stereocenters. The molecule has 0 aliphatic carbocycles. The van der Waals surface area contributed by atoms with Gasteiger partial charge in [0.15, 0.2) is 6.04 Å². The second-order valence-electron chi connectivity index (χ2n) is 14.7. The van der Waals surface area contributed by atoms with E-state index >= 15 is 0 Å². The Balaban J connectivity index is 1.34. The lowest BCUT2D eigenvalue weighted by atomic mass is 9.85. The van der Waals surface area contributed by atoms with Crippen molar-refractivity contribution in [2.24, 2.45) is 0 Å². The quantitative estimate of drug-likeness (QED) is 0.0905. The Kier molecular flexibility index (Phi) is 11.6. The number of piperazine rings is 1. The predicted octanol–water partition coefficient (Wildman–Crippen LogP) is 4.12. The zero-order chi connectivity index (χ0) is 39.4. The largest absolute Gasteiger partial charge is 0.490 e. The lowest BCUT2D eigenvalue weighted by molar-refractivity contribution is -1.02. The highest BCUT2D eigenvalue weighted by Gasteiger charge is 2.66. The number of nitrogens with one attached hydrogen (secondary N) is 2. The number of aromatic nitrogens is 3. The third-order valence-electron chi connectivity index (χ3n) is 10.8. The highest BCUT2D eigenvalue weighted by atomic mass is 19.4. The molecule has 55 heavy (non-hydrogen) atoms. The number of benzene rings is 2. The molecule has 294 valence electrons. The Bertz CT molecular complexity index is 1960. The molecular formula is C39H46F4N7O5+. The maximum atomic E-state index is 14.3. The fraction of sp³-hybridized carbons (Fsp3) is 0.436. The summed E-state index contributed by atoms with van der Waals surface area (Å²) in [7, 11) is 0. The number of para-hydroxylation sites is 1.